The van der Waals surface area contributed by atoms with Crippen LogP contribution in [0.2, 0.25) is 0 Å². The van der Waals surface area contributed by atoms with Crippen molar-refractivity contribution in [3.8, 4) is 5.75 Å². The van der Waals surface area contributed by atoms with Crippen LogP contribution < -0.4 is 4.74 Å². The van der Waals surface area contributed by atoms with Gasteiger partial charge in [-0.05, 0) is 45.2 Å². The highest BCUT2D eigenvalue weighted by Gasteiger charge is 2.22. The third-order valence-corrected chi connectivity index (χ3v) is 3.68. The minimum atomic E-state index is -0.318. The van der Waals surface area contributed by atoms with Crippen molar-refractivity contribution in [3.05, 3.63) is 23.8 Å². The van der Waals surface area contributed by atoms with E-state index in [-0.39, 0.29) is 18.5 Å². The van der Waals surface area contributed by atoms with Gasteiger partial charge in [-0.1, -0.05) is 6.07 Å². The standard InChI is InChI=1S/C17H23NO4/c1-4-21-17(19)11-16(22-13-7-5-8-13)18-14-9-6-10-15(20-3)12(14)2/h6,9-10,13H,4-5,7-8,11H2,1-3H3/b18-16-. The van der Waals surface area contributed by atoms with Gasteiger partial charge in [-0.2, -0.15) is 0 Å². The van der Waals surface area contributed by atoms with Crippen LogP contribution in [0.5, 0.6) is 5.75 Å². The molecule has 1 fully saturated rings. The molecular weight excluding hydrogens is 282 g/mol. The lowest BCUT2D eigenvalue weighted by Crippen LogP contribution is -2.26. The zero-order chi connectivity index (χ0) is 15.9. The molecular formula is C17H23NO4. The van der Waals surface area contributed by atoms with Crippen LogP contribution in [0.3, 0.4) is 0 Å². The summed E-state index contributed by atoms with van der Waals surface area (Å²) in [6.07, 6.45) is 3.41. The van der Waals surface area contributed by atoms with E-state index in [0.29, 0.717) is 12.5 Å². The summed E-state index contributed by atoms with van der Waals surface area (Å²) >= 11 is 0. The van der Waals surface area contributed by atoms with E-state index < -0.39 is 0 Å². The lowest BCUT2D eigenvalue weighted by molar-refractivity contribution is -0.142. The highest BCUT2D eigenvalue weighted by Crippen LogP contribution is 2.29. The summed E-state index contributed by atoms with van der Waals surface area (Å²) in [4.78, 5) is 16.3. The van der Waals surface area contributed by atoms with E-state index in [1.165, 1.54) is 0 Å². The van der Waals surface area contributed by atoms with Crippen molar-refractivity contribution in [2.75, 3.05) is 13.7 Å². The van der Waals surface area contributed by atoms with Gasteiger partial charge < -0.3 is 14.2 Å². The molecule has 2 rings (SSSR count). The van der Waals surface area contributed by atoms with Crippen LogP contribution in [0.25, 0.3) is 0 Å². The molecule has 0 bridgehead atoms. The molecule has 1 saturated carbocycles. The average Bonchev–Trinajstić information content (AvgIpc) is 2.45. The molecule has 120 valence electrons. The molecule has 0 aliphatic heterocycles. The quantitative estimate of drug-likeness (QED) is 0.458. The van der Waals surface area contributed by atoms with Crippen molar-refractivity contribution in [1.82, 2.24) is 0 Å². The van der Waals surface area contributed by atoms with Crippen molar-refractivity contribution in [1.29, 1.82) is 0 Å². The van der Waals surface area contributed by atoms with Crippen LogP contribution in [0.1, 0.15) is 38.2 Å². The van der Waals surface area contributed by atoms with Crippen LogP contribution in [-0.4, -0.2) is 31.7 Å². The number of nitrogens with zero attached hydrogens (tertiary/aromatic N) is 1. The van der Waals surface area contributed by atoms with E-state index in [1.54, 1.807) is 14.0 Å². The number of hydrogen-bond acceptors (Lipinski definition) is 5. The molecule has 0 aromatic heterocycles. The van der Waals surface area contributed by atoms with Gasteiger partial charge in [0.1, 0.15) is 18.3 Å². The van der Waals surface area contributed by atoms with E-state index in [4.69, 9.17) is 14.2 Å². The van der Waals surface area contributed by atoms with Crippen LogP contribution in [-0.2, 0) is 14.3 Å². The summed E-state index contributed by atoms with van der Waals surface area (Å²) in [7, 11) is 1.63. The normalized spacial score (nSPS) is 15.1. The number of ether oxygens (including phenoxy) is 3. The second-order valence-corrected chi connectivity index (χ2v) is 5.26. The summed E-state index contributed by atoms with van der Waals surface area (Å²) in [6.45, 7) is 4.07. The smallest absolute Gasteiger partial charge is 0.315 e. The molecule has 1 aromatic rings. The number of carbonyl (C=O) groups is 1. The van der Waals surface area contributed by atoms with Gasteiger partial charge in [0, 0.05) is 5.56 Å². The third kappa shape index (κ3) is 4.23. The number of benzene rings is 1. The fourth-order valence-corrected chi connectivity index (χ4v) is 2.20. The van der Waals surface area contributed by atoms with E-state index in [9.17, 15) is 4.79 Å². The van der Waals surface area contributed by atoms with Crippen molar-refractivity contribution in [2.24, 2.45) is 4.99 Å². The molecule has 5 heteroatoms. The monoisotopic (exact) mass is 305 g/mol. The predicted molar refractivity (Wildman–Crippen MR) is 84.8 cm³/mol. The molecule has 1 aromatic carbocycles. The molecule has 0 radical (unpaired) electrons. The molecule has 5 nitrogen and oxygen atoms in total. The van der Waals surface area contributed by atoms with E-state index in [2.05, 4.69) is 4.99 Å². The largest absolute Gasteiger partial charge is 0.496 e. The fraction of sp³-hybridized carbons (Fsp3) is 0.529. The average molecular weight is 305 g/mol. The Bertz CT molecular complexity index is 550. The van der Waals surface area contributed by atoms with Crippen molar-refractivity contribution in [2.45, 2.75) is 45.6 Å². The van der Waals surface area contributed by atoms with Crippen LogP contribution in [0, 0.1) is 6.92 Å². The number of esters is 1. The number of rotatable bonds is 6. The van der Waals surface area contributed by atoms with Crippen molar-refractivity contribution < 1.29 is 19.0 Å². The van der Waals surface area contributed by atoms with Gasteiger partial charge >= 0.3 is 5.97 Å². The summed E-state index contributed by atoms with van der Waals surface area (Å²) in [6, 6.07) is 5.63. The van der Waals surface area contributed by atoms with E-state index in [0.717, 1.165) is 36.3 Å². The minimum Gasteiger partial charge on any atom is -0.496 e. The zero-order valence-electron chi connectivity index (χ0n) is 13.4. The number of hydrogen-bond donors (Lipinski definition) is 0. The molecule has 0 heterocycles. The highest BCUT2D eigenvalue weighted by molar-refractivity contribution is 5.95. The Morgan fingerprint density at radius 3 is 2.73 bits per heavy atom. The van der Waals surface area contributed by atoms with Gasteiger partial charge in [0.15, 0.2) is 5.90 Å². The first-order valence-corrected chi connectivity index (χ1v) is 7.67. The first-order chi connectivity index (χ1) is 10.6. The SMILES string of the molecule is CCOC(=O)C/C(=N/c1cccc(OC)c1C)OC1CCC1. The van der Waals surface area contributed by atoms with E-state index in [1.807, 2.05) is 25.1 Å². The number of aliphatic imine (C=N–C) groups is 1. The predicted octanol–water partition coefficient (Wildman–Crippen LogP) is 3.56. The second-order valence-electron chi connectivity index (χ2n) is 5.26. The lowest BCUT2D eigenvalue weighted by atomic mass is 9.96. The van der Waals surface area contributed by atoms with Gasteiger partial charge in [-0.3, -0.25) is 4.79 Å². The number of carbonyl (C=O) groups excluding carboxylic acids is 1. The third-order valence-electron chi connectivity index (χ3n) is 3.68. The molecule has 0 amide bonds. The van der Waals surface area contributed by atoms with E-state index >= 15 is 0 Å². The molecule has 22 heavy (non-hydrogen) atoms. The maximum Gasteiger partial charge on any atom is 0.315 e. The van der Waals surface area contributed by atoms with Gasteiger partial charge in [0.2, 0.25) is 0 Å². The Morgan fingerprint density at radius 2 is 2.14 bits per heavy atom. The molecule has 1 aliphatic rings. The summed E-state index contributed by atoms with van der Waals surface area (Å²) in [5.41, 5.74) is 1.67. The second kappa shape index (κ2) is 7.82. The molecule has 0 atom stereocenters. The first-order valence-electron chi connectivity index (χ1n) is 7.67. The van der Waals surface area contributed by atoms with Crippen molar-refractivity contribution >= 4 is 17.6 Å². The van der Waals surface area contributed by atoms with Crippen LogP contribution in [0.15, 0.2) is 23.2 Å². The molecule has 1 aliphatic carbocycles. The Balaban J connectivity index is 2.20. The summed E-state index contributed by atoms with van der Waals surface area (Å²) < 4.78 is 16.1. The van der Waals surface area contributed by atoms with Crippen molar-refractivity contribution in [3.63, 3.8) is 0 Å². The maximum atomic E-state index is 11.7. The zero-order valence-corrected chi connectivity index (χ0v) is 13.4. The van der Waals surface area contributed by atoms with Gasteiger partial charge in [-0.15, -0.1) is 0 Å². The first kappa shape index (κ1) is 16.3. The summed E-state index contributed by atoms with van der Waals surface area (Å²) in [5, 5.41) is 0. The Morgan fingerprint density at radius 1 is 1.36 bits per heavy atom. The molecule has 0 saturated heterocycles. The highest BCUT2D eigenvalue weighted by atomic mass is 16.5. The Kier molecular flexibility index (Phi) is 5.81. The Hall–Kier alpha value is -2.04. The Labute approximate surface area is 131 Å². The van der Waals surface area contributed by atoms with Crippen LogP contribution >= 0.6 is 0 Å². The molecule has 0 N–H and O–H groups in total. The van der Waals surface area contributed by atoms with Gasteiger partial charge in [0.25, 0.3) is 0 Å². The molecule has 0 spiro atoms. The minimum absolute atomic E-state index is 0.0565. The van der Waals surface area contributed by atoms with Gasteiger partial charge in [0.05, 0.1) is 19.4 Å². The lowest BCUT2D eigenvalue weighted by Gasteiger charge is -2.26. The van der Waals surface area contributed by atoms with Gasteiger partial charge in [-0.25, -0.2) is 4.99 Å². The number of methoxy groups -OCH3 is 1. The summed E-state index contributed by atoms with van der Waals surface area (Å²) in [5.74, 6) is 0.862. The fourth-order valence-electron chi connectivity index (χ4n) is 2.20. The maximum absolute atomic E-state index is 11.7. The van der Waals surface area contributed by atoms with Crippen LogP contribution in [0.4, 0.5) is 5.69 Å². The topological polar surface area (TPSA) is 57.1 Å². The molecule has 0 unspecified atom stereocenters.